The zero-order valence-electron chi connectivity index (χ0n) is 25.4. The molecule has 0 bridgehead atoms. The predicted molar refractivity (Wildman–Crippen MR) is 188 cm³/mol. The minimum absolute atomic E-state index is 0.0682. The standard InChI is InChI=1S/C42H34N2/c1-27-11-10-13-29(25-27)44-39-18-9-6-15-33(39)34-23-24-40-35(41(34)44)21-19-28-12-4-8-17-38(28)43(40)30-20-22-32-31-14-5-7-16-36(31)42(2,3)37(32)26-30/h4-10,12-27H,11H2,1-3H3. The molecule has 44 heavy (non-hydrogen) atoms. The van der Waals surface area contributed by atoms with E-state index >= 15 is 0 Å². The van der Waals surface area contributed by atoms with E-state index < -0.39 is 0 Å². The van der Waals surface area contributed by atoms with Crippen LogP contribution in [0.4, 0.5) is 17.1 Å². The number of hydrogen-bond donors (Lipinski definition) is 0. The third-order valence-electron chi connectivity index (χ3n) is 10.0. The van der Waals surface area contributed by atoms with Crippen molar-refractivity contribution in [2.45, 2.75) is 32.6 Å². The molecule has 3 aliphatic rings. The van der Waals surface area contributed by atoms with Crippen molar-refractivity contribution in [2.24, 2.45) is 5.92 Å². The van der Waals surface area contributed by atoms with Crippen molar-refractivity contribution in [2.75, 3.05) is 4.90 Å². The molecule has 2 heteroatoms. The maximum atomic E-state index is 2.50. The fourth-order valence-electron chi connectivity index (χ4n) is 7.91. The largest absolute Gasteiger partial charge is 0.309 e. The lowest BCUT2D eigenvalue weighted by Gasteiger charge is -2.29. The highest BCUT2D eigenvalue weighted by Crippen LogP contribution is 2.52. The highest BCUT2D eigenvalue weighted by atomic mass is 15.2. The van der Waals surface area contributed by atoms with Crippen LogP contribution in [-0.2, 0) is 5.41 Å². The molecule has 0 spiro atoms. The van der Waals surface area contributed by atoms with E-state index in [4.69, 9.17) is 0 Å². The van der Waals surface area contributed by atoms with Crippen LogP contribution in [0, 0.1) is 5.92 Å². The molecule has 0 saturated heterocycles. The van der Waals surface area contributed by atoms with Crippen LogP contribution in [-0.4, -0.2) is 4.57 Å². The third kappa shape index (κ3) is 3.48. The van der Waals surface area contributed by atoms with E-state index in [1.165, 1.54) is 77.9 Å². The molecule has 0 radical (unpaired) electrons. The number of anilines is 3. The van der Waals surface area contributed by atoms with Gasteiger partial charge in [-0.05, 0) is 76.6 Å². The summed E-state index contributed by atoms with van der Waals surface area (Å²) in [5, 5.41) is 2.57. The van der Waals surface area contributed by atoms with Gasteiger partial charge in [-0.15, -0.1) is 0 Å². The molecule has 6 aromatic rings. The zero-order chi connectivity index (χ0) is 29.6. The first-order valence-corrected chi connectivity index (χ1v) is 15.8. The van der Waals surface area contributed by atoms with E-state index in [1.807, 2.05) is 0 Å². The number of benzene rings is 5. The van der Waals surface area contributed by atoms with Gasteiger partial charge in [-0.2, -0.15) is 0 Å². The van der Waals surface area contributed by atoms with E-state index in [0.29, 0.717) is 5.92 Å². The van der Waals surface area contributed by atoms with Crippen molar-refractivity contribution in [3.8, 4) is 11.1 Å². The number of rotatable bonds is 2. The van der Waals surface area contributed by atoms with Crippen LogP contribution < -0.4 is 4.90 Å². The van der Waals surface area contributed by atoms with Crippen molar-refractivity contribution in [1.82, 2.24) is 4.57 Å². The van der Waals surface area contributed by atoms with Gasteiger partial charge in [0.25, 0.3) is 0 Å². The van der Waals surface area contributed by atoms with Crippen LogP contribution in [0.3, 0.4) is 0 Å². The highest BCUT2D eigenvalue weighted by Gasteiger charge is 2.36. The van der Waals surface area contributed by atoms with Crippen molar-refractivity contribution in [1.29, 1.82) is 0 Å². The Hall–Kier alpha value is -5.08. The summed E-state index contributed by atoms with van der Waals surface area (Å²) in [6.07, 6.45) is 12.8. The van der Waals surface area contributed by atoms with E-state index in [2.05, 4.69) is 164 Å². The molecule has 5 aromatic carbocycles. The van der Waals surface area contributed by atoms with E-state index in [9.17, 15) is 0 Å². The number of hydrogen-bond acceptors (Lipinski definition) is 1. The van der Waals surface area contributed by atoms with Gasteiger partial charge in [0.2, 0.25) is 0 Å². The Morgan fingerprint density at radius 1 is 0.682 bits per heavy atom. The molecule has 212 valence electrons. The van der Waals surface area contributed by atoms with Crippen LogP contribution in [0.1, 0.15) is 49.4 Å². The topological polar surface area (TPSA) is 8.17 Å². The van der Waals surface area contributed by atoms with Gasteiger partial charge in [-0.3, -0.25) is 0 Å². The second-order valence-electron chi connectivity index (χ2n) is 13.1. The van der Waals surface area contributed by atoms with E-state index in [0.717, 1.165) is 6.42 Å². The van der Waals surface area contributed by atoms with Crippen LogP contribution in [0.5, 0.6) is 0 Å². The molecular formula is C42H34N2. The maximum absolute atomic E-state index is 2.50. The van der Waals surface area contributed by atoms with Crippen molar-refractivity contribution in [3.05, 3.63) is 144 Å². The Bertz CT molecular complexity index is 2250. The summed E-state index contributed by atoms with van der Waals surface area (Å²) in [5.74, 6) is 0.503. The number of allylic oxidation sites excluding steroid dienone is 4. The molecule has 1 aliphatic heterocycles. The van der Waals surface area contributed by atoms with Crippen molar-refractivity contribution >= 4 is 56.7 Å². The van der Waals surface area contributed by atoms with E-state index in [1.54, 1.807) is 0 Å². The number of para-hydroxylation sites is 2. The van der Waals surface area contributed by atoms with Crippen LogP contribution in [0.15, 0.2) is 121 Å². The molecular weight excluding hydrogens is 532 g/mol. The first-order valence-electron chi connectivity index (χ1n) is 15.8. The molecule has 2 aliphatic carbocycles. The second kappa shape index (κ2) is 9.21. The van der Waals surface area contributed by atoms with Gasteiger partial charge in [0.1, 0.15) is 0 Å². The van der Waals surface area contributed by atoms with Gasteiger partial charge in [0.05, 0.1) is 22.4 Å². The normalized spacial score (nSPS) is 17.7. The Labute approximate surface area is 258 Å². The Balaban J connectivity index is 1.34. The lowest BCUT2D eigenvalue weighted by atomic mass is 9.82. The smallest absolute Gasteiger partial charge is 0.0634 e. The van der Waals surface area contributed by atoms with Gasteiger partial charge in [0.15, 0.2) is 0 Å². The second-order valence-corrected chi connectivity index (χ2v) is 13.1. The molecule has 1 atom stereocenters. The summed E-state index contributed by atoms with van der Waals surface area (Å²) in [5.41, 5.74) is 15.2. The fraction of sp³-hybridized carbons (Fsp3) is 0.143. The van der Waals surface area contributed by atoms with Gasteiger partial charge in [0, 0.05) is 33.1 Å². The quantitative estimate of drug-likeness (QED) is 0.202. The number of aromatic nitrogens is 1. The Morgan fingerprint density at radius 3 is 2.39 bits per heavy atom. The molecule has 2 nitrogen and oxygen atoms in total. The molecule has 9 rings (SSSR count). The van der Waals surface area contributed by atoms with Crippen LogP contribution in [0.2, 0.25) is 0 Å². The minimum atomic E-state index is -0.0682. The zero-order valence-corrected chi connectivity index (χ0v) is 25.4. The molecule has 0 fully saturated rings. The predicted octanol–water partition coefficient (Wildman–Crippen LogP) is 11.5. The lowest BCUT2D eigenvalue weighted by Crippen LogP contribution is -2.17. The van der Waals surface area contributed by atoms with Crippen LogP contribution >= 0.6 is 0 Å². The lowest BCUT2D eigenvalue weighted by molar-refractivity contribution is 0.660. The Kier molecular flexibility index (Phi) is 5.32. The van der Waals surface area contributed by atoms with E-state index in [-0.39, 0.29) is 5.41 Å². The Morgan fingerprint density at radius 2 is 1.48 bits per heavy atom. The molecule has 0 N–H and O–H groups in total. The van der Waals surface area contributed by atoms with Gasteiger partial charge in [-0.25, -0.2) is 0 Å². The molecule has 2 heterocycles. The van der Waals surface area contributed by atoms with Gasteiger partial charge >= 0.3 is 0 Å². The monoisotopic (exact) mass is 566 g/mol. The summed E-state index contributed by atoms with van der Waals surface area (Å²) in [6, 6.07) is 38.3. The van der Waals surface area contributed by atoms with Crippen molar-refractivity contribution < 1.29 is 0 Å². The van der Waals surface area contributed by atoms with Crippen molar-refractivity contribution in [3.63, 3.8) is 0 Å². The third-order valence-corrected chi connectivity index (χ3v) is 10.0. The summed E-state index contributed by atoms with van der Waals surface area (Å²) in [6.45, 7) is 7.03. The summed E-state index contributed by atoms with van der Waals surface area (Å²) < 4.78 is 2.50. The van der Waals surface area contributed by atoms with Gasteiger partial charge in [-0.1, -0.05) is 118 Å². The first-order chi connectivity index (χ1) is 21.5. The van der Waals surface area contributed by atoms with Gasteiger partial charge < -0.3 is 9.47 Å². The molecule has 1 unspecified atom stereocenters. The summed E-state index contributed by atoms with van der Waals surface area (Å²) in [7, 11) is 0. The summed E-state index contributed by atoms with van der Waals surface area (Å²) in [4.78, 5) is 2.49. The number of fused-ring (bicyclic) bond motifs is 9. The maximum Gasteiger partial charge on any atom is 0.0634 e. The molecule has 1 aromatic heterocycles. The SMILES string of the molecule is CC1C=C(n2c3ccccc3c3ccc4c(c32)C=Cc2ccccc2N4c2ccc3c(c2)C(C)(C)c2ccccc2-3)C=CC1. The minimum Gasteiger partial charge on any atom is -0.309 e. The average Bonchev–Trinajstić information content (AvgIpc) is 3.42. The van der Waals surface area contributed by atoms with Crippen LogP contribution in [0.25, 0.3) is 50.8 Å². The summed E-state index contributed by atoms with van der Waals surface area (Å²) >= 11 is 0. The average molecular weight is 567 g/mol. The number of nitrogens with zero attached hydrogens (tertiary/aromatic N) is 2. The molecule has 0 saturated carbocycles. The molecule has 0 amide bonds. The highest BCUT2D eigenvalue weighted by molar-refractivity contribution is 6.16. The first kappa shape index (κ1) is 25.4. The fourth-order valence-corrected chi connectivity index (χ4v) is 7.91.